The minimum absolute atomic E-state index is 0.0908. The van der Waals surface area contributed by atoms with Crippen LogP contribution in [0.5, 0.6) is 0 Å². The molecule has 306 valence electrons. The van der Waals surface area contributed by atoms with E-state index >= 15 is 0 Å². The van der Waals surface area contributed by atoms with E-state index in [4.69, 9.17) is 24.8 Å². The number of allylic oxidation sites excluding steroid dienone is 9. The fourth-order valence-electron chi connectivity index (χ4n) is 5.15. The Kier molecular flexibility index (Phi) is 36.0. The van der Waals surface area contributed by atoms with Crippen molar-refractivity contribution < 1.29 is 42.7 Å². The zero-order valence-corrected chi connectivity index (χ0v) is 34.0. The Bertz CT molecular complexity index is 1070. The van der Waals surface area contributed by atoms with Crippen LogP contribution in [0.15, 0.2) is 60.9 Å². The number of carbonyl (C=O) groups is 2. The van der Waals surface area contributed by atoms with Gasteiger partial charge in [-0.25, -0.2) is 4.57 Å². The molecule has 0 saturated heterocycles. The predicted molar refractivity (Wildman–Crippen MR) is 216 cm³/mol. The van der Waals surface area contributed by atoms with Crippen LogP contribution in [0, 0.1) is 0 Å². The zero-order chi connectivity index (χ0) is 39.1. The van der Waals surface area contributed by atoms with E-state index in [1.54, 1.807) is 6.26 Å². The molecule has 0 aromatic rings. The fourth-order valence-corrected chi connectivity index (χ4v) is 5.93. The van der Waals surface area contributed by atoms with Gasteiger partial charge in [-0.05, 0) is 63.9 Å². The Morgan fingerprint density at radius 1 is 0.604 bits per heavy atom. The van der Waals surface area contributed by atoms with Gasteiger partial charge < -0.3 is 25.2 Å². The van der Waals surface area contributed by atoms with Crippen molar-refractivity contribution >= 4 is 19.8 Å². The van der Waals surface area contributed by atoms with Gasteiger partial charge in [0.25, 0.3) is 0 Å². The number of carbonyl (C=O) groups excluding carboxylic acids is 1. The lowest BCUT2D eigenvalue weighted by Gasteiger charge is -2.20. The summed E-state index contributed by atoms with van der Waals surface area (Å²) in [6, 6.07) is -1.49. The number of phosphoric ester groups is 1. The van der Waals surface area contributed by atoms with Crippen molar-refractivity contribution in [2.24, 2.45) is 5.73 Å². The van der Waals surface area contributed by atoms with E-state index in [9.17, 15) is 19.0 Å². The second-order valence-corrected chi connectivity index (χ2v) is 14.9. The number of rotatable bonds is 38. The molecule has 53 heavy (non-hydrogen) atoms. The first-order chi connectivity index (χ1) is 25.7. The third-order valence-electron chi connectivity index (χ3n) is 8.36. The third kappa shape index (κ3) is 37.6. The number of carboxylic acid groups (broad SMARTS) is 1. The summed E-state index contributed by atoms with van der Waals surface area (Å²) in [5, 5.41) is 8.87. The Morgan fingerprint density at radius 2 is 1.04 bits per heavy atom. The van der Waals surface area contributed by atoms with Gasteiger partial charge >= 0.3 is 19.8 Å². The largest absolute Gasteiger partial charge is 0.498 e. The number of unbranched alkanes of at least 4 members (excludes halogenated alkanes) is 16. The molecule has 0 aliphatic heterocycles. The van der Waals surface area contributed by atoms with Crippen LogP contribution in [0.4, 0.5) is 0 Å². The van der Waals surface area contributed by atoms with Crippen LogP contribution < -0.4 is 5.73 Å². The standard InChI is InChI=1S/C42H74NO9P/c1-3-5-7-9-11-13-15-17-19-20-21-22-24-26-28-30-32-34-41(44)52-39(37-50-53(47,48)51-38-40(43)42(45)46)36-49-35-33-31-29-27-25-23-18-16-14-12-10-8-6-4-2/h11,13,17,19,21-22,26,28,33,35,39-40H,3-10,12,14-16,18,20,23-25,27,29-32,34,36-38,43H2,1-2H3,(H,45,46)(H,47,48)/b13-11-,19-17-,22-21-,28-26-,35-33-/t39-,40+/m1/s1. The highest BCUT2D eigenvalue weighted by molar-refractivity contribution is 7.47. The summed E-state index contributed by atoms with van der Waals surface area (Å²) in [6.45, 7) is 3.17. The van der Waals surface area contributed by atoms with Crippen molar-refractivity contribution in [3.05, 3.63) is 60.9 Å². The summed E-state index contributed by atoms with van der Waals surface area (Å²) in [6.07, 6.45) is 45.1. The van der Waals surface area contributed by atoms with Gasteiger partial charge in [0.15, 0.2) is 6.10 Å². The number of ether oxygens (including phenoxy) is 2. The van der Waals surface area contributed by atoms with Gasteiger partial charge in [0.2, 0.25) is 0 Å². The molecule has 0 saturated carbocycles. The number of carboxylic acids is 1. The first kappa shape index (κ1) is 50.5. The molecule has 4 N–H and O–H groups in total. The van der Waals surface area contributed by atoms with Crippen LogP contribution in [0.1, 0.15) is 162 Å². The average molecular weight is 768 g/mol. The quantitative estimate of drug-likeness (QED) is 0.0182. The fraction of sp³-hybridized carbons (Fsp3) is 0.714. The molecule has 0 spiro atoms. The Hall–Kier alpha value is -2.49. The molecule has 0 aliphatic carbocycles. The molecule has 11 heteroatoms. The van der Waals surface area contributed by atoms with Crippen LogP contribution in [0.2, 0.25) is 0 Å². The van der Waals surface area contributed by atoms with E-state index < -0.39 is 45.1 Å². The van der Waals surface area contributed by atoms with E-state index in [1.165, 1.54) is 83.5 Å². The van der Waals surface area contributed by atoms with Gasteiger partial charge in [0.05, 0.1) is 19.5 Å². The van der Waals surface area contributed by atoms with E-state index in [0.29, 0.717) is 12.8 Å². The number of aliphatic carboxylic acids is 1. The van der Waals surface area contributed by atoms with Crippen LogP contribution >= 0.6 is 7.82 Å². The number of phosphoric acid groups is 1. The van der Waals surface area contributed by atoms with Crippen LogP contribution in [0.3, 0.4) is 0 Å². The molecule has 0 amide bonds. The Balaban J connectivity index is 4.45. The molecule has 10 nitrogen and oxygen atoms in total. The lowest BCUT2D eigenvalue weighted by molar-refractivity contribution is -0.153. The smallest absolute Gasteiger partial charge is 0.472 e. The Labute approximate surface area is 322 Å². The van der Waals surface area contributed by atoms with Crippen molar-refractivity contribution in [3.8, 4) is 0 Å². The molecule has 0 fully saturated rings. The van der Waals surface area contributed by atoms with Gasteiger partial charge in [-0.2, -0.15) is 0 Å². The SMILES string of the molecule is CCCCC/C=C\C/C=C\C/C=C\C/C=C\CCCC(=O)O[C@H](CO/C=C\CCCCCCCCCCCCCC)COP(=O)(O)OC[C@H](N)C(=O)O. The highest BCUT2D eigenvalue weighted by Gasteiger charge is 2.27. The lowest BCUT2D eigenvalue weighted by atomic mass is 10.0. The minimum Gasteiger partial charge on any atom is -0.498 e. The molecular weight excluding hydrogens is 693 g/mol. The van der Waals surface area contributed by atoms with Crippen LogP contribution in [0.25, 0.3) is 0 Å². The highest BCUT2D eigenvalue weighted by Crippen LogP contribution is 2.43. The maximum atomic E-state index is 12.6. The van der Waals surface area contributed by atoms with E-state index in [2.05, 4.69) is 60.9 Å². The molecule has 3 atom stereocenters. The molecule has 1 unspecified atom stereocenters. The molecule has 0 bridgehead atoms. The van der Waals surface area contributed by atoms with Gasteiger partial charge in [0.1, 0.15) is 12.6 Å². The summed E-state index contributed by atoms with van der Waals surface area (Å²) >= 11 is 0. The molecule has 0 aliphatic rings. The first-order valence-corrected chi connectivity index (χ1v) is 21.9. The van der Waals surface area contributed by atoms with Gasteiger partial charge in [-0.3, -0.25) is 18.6 Å². The van der Waals surface area contributed by atoms with E-state index in [0.717, 1.165) is 44.9 Å². The minimum atomic E-state index is -4.64. The monoisotopic (exact) mass is 768 g/mol. The molecule has 0 radical (unpaired) electrons. The predicted octanol–water partition coefficient (Wildman–Crippen LogP) is 11.2. The second kappa shape index (κ2) is 37.8. The first-order valence-electron chi connectivity index (χ1n) is 20.4. The summed E-state index contributed by atoms with van der Waals surface area (Å²) in [5.41, 5.74) is 5.33. The summed E-state index contributed by atoms with van der Waals surface area (Å²) in [5.74, 6) is -1.87. The molecule has 0 heterocycles. The summed E-state index contributed by atoms with van der Waals surface area (Å²) in [4.78, 5) is 33.4. The van der Waals surface area contributed by atoms with E-state index in [-0.39, 0.29) is 13.0 Å². The number of hydrogen-bond acceptors (Lipinski definition) is 8. The number of nitrogens with two attached hydrogens (primary N) is 1. The third-order valence-corrected chi connectivity index (χ3v) is 9.31. The van der Waals surface area contributed by atoms with Crippen molar-refractivity contribution in [1.82, 2.24) is 0 Å². The second-order valence-electron chi connectivity index (χ2n) is 13.5. The molecule has 0 aromatic carbocycles. The van der Waals surface area contributed by atoms with Crippen molar-refractivity contribution in [2.45, 2.75) is 174 Å². The highest BCUT2D eigenvalue weighted by atomic mass is 31.2. The van der Waals surface area contributed by atoms with Crippen molar-refractivity contribution in [1.29, 1.82) is 0 Å². The maximum Gasteiger partial charge on any atom is 0.472 e. The maximum absolute atomic E-state index is 12.6. The molecular formula is C42H74NO9P. The number of esters is 1. The van der Waals surface area contributed by atoms with Crippen LogP contribution in [-0.2, 0) is 32.7 Å². The summed E-state index contributed by atoms with van der Waals surface area (Å²) in [7, 11) is -4.64. The summed E-state index contributed by atoms with van der Waals surface area (Å²) < 4.78 is 33.0. The van der Waals surface area contributed by atoms with Crippen molar-refractivity contribution in [3.63, 3.8) is 0 Å². The molecule has 0 aromatic heterocycles. The van der Waals surface area contributed by atoms with E-state index in [1.807, 2.05) is 12.2 Å². The zero-order valence-electron chi connectivity index (χ0n) is 33.1. The number of hydrogen-bond donors (Lipinski definition) is 3. The van der Waals surface area contributed by atoms with Gasteiger partial charge in [0, 0.05) is 6.42 Å². The van der Waals surface area contributed by atoms with Gasteiger partial charge in [-0.1, -0.05) is 146 Å². The molecule has 0 rings (SSSR count). The van der Waals surface area contributed by atoms with Crippen molar-refractivity contribution in [2.75, 3.05) is 19.8 Å². The van der Waals surface area contributed by atoms with Crippen LogP contribution in [-0.4, -0.2) is 53.9 Å². The topological polar surface area (TPSA) is 155 Å². The van der Waals surface area contributed by atoms with Gasteiger partial charge in [-0.15, -0.1) is 0 Å². The lowest BCUT2D eigenvalue weighted by Crippen LogP contribution is -2.34. The Morgan fingerprint density at radius 3 is 1.58 bits per heavy atom. The average Bonchev–Trinajstić information content (AvgIpc) is 3.13. The normalized spacial score (nSPS) is 14.6.